The van der Waals surface area contributed by atoms with Gasteiger partial charge in [-0.15, -0.1) is 0 Å². The van der Waals surface area contributed by atoms with E-state index in [4.69, 9.17) is 23.7 Å². The van der Waals surface area contributed by atoms with Crippen molar-refractivity contribution < 1.29 is 33.6 Å². The Morgan fingerprint density at radius 2 is 1.78 bits per heavy atom. The van der Waals surface area contributed by atoms with E-state index in [0.29, 0.717) is 23.7 Å². The highest BCUT2D eigenvalue weighted by atomic mass is 16.6. The third-order valence-electron chi connectivity index (χ3n) is 6.64. The lowest BCUT2D eigenvalue weighted by molar-refractivity contribution is -0.0253. The first-order valence-electron chi connectivity index (χ1n) is 11.2. The van der Waals surface area contributed by atoms with Crippen LogP contribution in [0.15, 0.2) is 23.8 Å². The molecule has 1 aliphatic heterocycles. The molecule has 1 N–H and O–H groups in total. The molecule has 1 aromatic rings. The van der Waals surface area contributed by atoms with E-state index in [0.717, 1.165) is 18.4 Å². The van der Waals surface area contributed by atoms with Crippen molar-refractivity contribution in [3.63, 3.8) is 0 Å². The van der Waals surface area contributed by atoms with Crippen LogP contribution in [0.2, 0.25) is 0 Å². The molecule has 0 spiro atoms. The molecular formula is C25H36O7. The molecule has 3 rings (SSSR count). The van der Waals surface area contributed by atoms with Gasteiger partial charge in [-0.2, -0.15) is 0 Å². The number of carbonyl (C=O) groups excluding carboxylic acids is 1. The van der Waals surface area contributed by atoms with Gasteiger partial charge in [-0.1, -0.05) is 19.4 Å². The summed E-state index contributed by atoms with van der Waals surface area (Å²) in [7, 11) is 4.51. The predicted molar refractivity (Wildman–Crippen MR) is 121 cm³/mol. The van der Waals surface area contributed by atoms with Gasteiger partial charge in [0.15, 0.2) is 11.5 Å². The van der Waals surface area contributed by atoms with E-state index < -0.39 is 18.2 Å². The first-order chi connectivity index (χ1) is 15.1. The summed E-state index contributed by atoms with van der Waals surface area (Å²) in [5.41, 5.74) is 1.10. The summed E-state index contributed by atoms with van der Waals surface area (Å²) in [4.78, 5) is 13.2. The van der Waals surface area contributed by atoms with Crippen LogP contribution in [0.5, 0.6) is 17.2 Å². The lowest BCUT2D eigenvalue weighted by Gasteiger charge is -2.33. The summed E-state index contributed by atoms with van der Waals surface area (Å²) in [6.45, 7) is 8.16. The number of carbonyl (C=O) groups is 1. The second-order valence-electron chi connectivity index (χ2n) is 9.35. The van der Waals surface area contributed by atoms with E-state index in [9.17, 15) is 9.90 Å². The molecule has 1 aromatic carbocycles. The number of allylic oxidation sites excluding steroid dienone is 1. The molecule has 178 valence electrons. The summed E-state index contributed by atoms with van der Waals surface area (Å²) in [5.74, 6) is 0.468. The molecule has 5 atom stereocenters. The highest BCUT2D eigenvalue weighted by Gasteiger charge is 2.54. The Morgan fingerprint density at radius 3 is 2.31 bits per heavy atom. The highest BCUT2D eigenvalue weighted by Crippen LogP contribution is 2.46. The molecule has 7 nitrogen and oxygen atoms in total. The van der Waals surface area contributed by atoms with Crippen LogP contribution in [0.4, 0.5) is 0 Å². The van der Waals surface area contributed by atoms with Gasteiger partial charge in [0.2, 0.25) is 5.75 Å². The Hall–Kier alpha value is -2.25. The van der Waals surface area contributed by atoms with Crippen LogP contribution in [0, 0.1) is 11.8 Å². The lowest BCUT2D eigenvalue weighted by Crippen LogP contribution is -2.40. The zero-order chi connectivity index (χ0) is 23.6. The maximum absolute atomic E-state index is 13.2. The summed E-state index contributed by atoms with van der Waals surface area (Å²) in [6.07, 6.45) is 3.19. The topological polar surface area (TPSA) is 86.8 Å². The number of benzene rings is 1. The summed E-state index contributed by atoms with van der Waals surface area (Å²) >= 11 is 0. The lowest BCUT2D eigenvalue weighted by atomic mass is 9.79. The number of epoxide rings is 1. The SMILES string of the molecule is COc1cc(C(=O)OC2/C=C(\C)CCC3OC3(C)CC(O)C2C(C)C)cc(OC)c1OC. The molecule has 0 bridgehead atoms. The van der Waals surface area contributed by atoms with E-state index in [1.165, 1.54) is 21.3 Å². The maximum Gasteiger partial charge on any atom is 0.339 e. The van der Waals surface area contributed by atoms with Gasteiger partial charge in [0.05, 0.1) is 44.7 Å². The van der Waals surface area contributed by atoms with Gasteiger partial charge in [-0.3, -0.25) is 0 Å². The van der Waals surface area contributed by atoms with Crippen LogP contribution in [0.1, 0.15) is 57.3 Å². The van der Waals surface area contributed by atoms with Gasteiger partial charge in [0.1, 0.15) is 6.10 Å². The molecule has 1 saturated heterocycles. The predicted octanol–water partition coefficient (Wildman–Crippen LogP) is 4.16. The van der Waals surface area contributed by atoms with Gasteiger partial charge in [0.25, 0.3) is 0 Å². The van der Waals surface area contributed by atoms with E-state index in [1.807, 2.05) is 26.8 Å². The average molecular weight is 449 g/mol. The molecule has 1 heterocycles. The molecule has 0 saturated carbocycles. The fourth-order valence-corrected chi connectivity index (χ4v) is 4.77. The monoisotopic (exact) mass is 448 g/mol. The van der Waals surface area contributed by atoms with Crippen LogP contribution < -0.4 is 14.2 Å². The van der Waals surface area contributed by atoms with Crippen molar-refractivity contribution in [3.05, 3.63) is 29.3 Å². The fourth-order valence-electron chi connectivity index (χ4n) is 4.77. The normalized spacial score (nSPS) is 31.7. The van der Waals surface area contributed by atoms with Crippen LogP contribution in [-0.2, 0) is 9.47 Å². The van der Waals surface area contributed by atoms with Crippen LogP contribution >= 0.6 is 0 Å². The number of fused-ring (bicyclic) bond motifs is 1. The zero-order valence-corrected chi connectivity index (χ0v) is 20.1. The summed E-state index contributed by atoms with van der Waals surface area (Å²) in [6, 6.07) is 3.15. The average Bonchev–Trinajstić information content (AvgIpc) is 3.39. The number of hydrogen-bond donors (Lipinski definition) is 1. The second kappa shape index (κ2) is 9.71. The van der Waals surface area contributed by atoms with E-state index in [-0.39, 0.29) is 29.1 Å². The second-order valence-corrected chi connectivity index (χ2v) is 9.35. The molecule has 32 heavy (non-hydrogen) atoms. The van der Waals surface area contributed by atoms with Crippen molar-refractivity contribution in [2.45, 2.75) is 70.9 Å². The summed E-state index contributed by atoms with van der Waals surface area (Å²) < 4.78 is 28.0. The Morgan fingerprint density at radius 1 is 1.16 bits per heavy atom. The number of rotatable bonds is 6. The minimum absolute atomic E-state index is 0.0898. The third kappa shape index (κ3) is 5.04. The Labute approximate surface area is 190 Å². The Bertz CT molecular complexity index is 837. The van der Waals surface area contributed by atoms with Crippen LogP contribution in [0.25, 0.3) is 0 Å². The van der Waals surface area contributed by atoms with Crippen molar-refractivity contribution in [3.8, 4) is 17.2 Å². The fraction of sp³-hybridized carbons (Fsp3) is 0.640. The van der Waals surface area contributed by atoms with E-state index in [2.05, 4.69) is 6.92 Å². The zero-order valence-electron chi connectivity index (χ0n) is 20.1. The van der Waals surface area contributed by atoms with Gasteiger partial charge in [-0.25, -0.2) is 4.79 Å². The first-order valence-corrected chi connectivity index (χ1v) is 11.2. The van der Waals surface area contributed by atoms with Gasteiger partial charge < -0.3 is 28.8 Å². The number of esters is 1. The molecule has 1 fully saturated rings. The number of aliphatic hydroxyl groups excluding tert-OH is 1. The van der Waals surface area contributed by atoms with Crippen molar-refractivity contribution in [1.29, 1.82) is 0 Å². The maximum atomic E-state index is 13.2. The van der Waals surface area contributed by atoms with Crippen molar-refractivity contribution in [1.82, 2.24) is 0 Å². The quantitative estimate of drug-likeness (QED) is 0.397. The largest absolute Gasteiger partial charge is 0.493 e. The number of hydrogen-bond acceptors (Lipinski definition) is 7. The van der Waals surface area contributed by atoms with Gasteiger partial charge >= 0.3 is 5.97 Å². The Balaban J connectivity index is 1.93. The molecule has 7 heteroatoms. The number of methoxy groups -OCH3 is 3. The third-order valence-corrected chi connectivity index (χ3v) is 6.64. The standard InChI is InChI=1S/C25H36O7/c1-14(2)22-17(26)13-25(4)21(32-25)9-8-15(3)10-18(22)31-24(27)16-11-19(28-5)23(30-7)20(12-16)29-6/h10-12,14,17-18,21-22,26H,8-9,13H2,1-7H3/b15-10+. The van der Waals surface area contributed by atoms with Gasteiger partial charge in [-0.05, 0) is 50.8 Å². The molecule has 0 amide bonds. The number of ether oxygens (including phenoxy) is 5. The molecular weight excluding hydrogens is 412 g/mol. The van der Waals surface area contributed by atoms with E-state index >= 15 is 0 Å². The van der Waals surface area contributed by atoms with Crippen LogP contribution in [0.3, 0.4) is 0 Å². The molecule has 5 unspecified atom stereocenters. The smallest absolute Gasteiger partial charge is 0.339 e. The molecule has 0 aromatic heterocycles. The van der Waals surface area contributed by atoms with Crippen LogP contribution in [-0.4, -0.2) is 56.3 Å². The summed E-state index contributed by atoms with van der Waals surface area (Å²) in [5, 5.41) is 11.1. The van der Waals surface area contributed by atoms with Crippen molar-refractivity contribution in [2.75, 3.05) is 21.3 Å². The molecule has 0 radical (unpaired) electrons. The van der Waals surface area contributed by atoms with Crippen molar-refractivity contribution in [2.24, 2.45) is 11.8 Å². The minimum Gasteiger partial charge on any atom is -0.493 e. The van der Waals surface area contributed by atoms with Gasteiger partial charge in [0, 0.05) is 12.3 Å². The first kappa shape index (κ1) is 24.4. The Kier molecular flexibility index (Phi) is 7.40. The molecule has 2 aliphatic rings. The highest BCUT2D eigenvalue weighted by molar-refractivity contribution is 5.91. The minimum atomic E-state index is -0.662. The van der Waals surface area contributed by atoms with Crippen molar-refractivity contribution >= 4 is 5.97 Å². The number of aliphatic hydroxyl groups is 1. The van der Waals surface area contributed by atoms with E-state index in [1.54, 1.807) is 12.1 Å². The molecule has 1 aliphatic carbocycles.